The summed E-state index contributed by atoms with van der Waals surface area (Å²) in [5.74, 6) is -0.0418. The number of amides is 1. The average molecular weight is 272 g/mol. The number of nitrogens with one attached hydrogen (secondary N) is 1. The van der Waals surface area contributed by atoms with Gasteiger partial charge in [0.25, 0.3) is 0 Å². The molecule has 0 aliphatic carbocycles. The number of benzene rings is 1. The van der Waals surface area contributed by atoms with Gasteiger partial charge in [-0.3, -0.25) is 4.79 Å². The van der Waals surface area contributed by atoms with Crippen molar-refractivity contribution in [3.63, 3.8) is 0 Å². The maximum absolute atomic E-state index is 11.2. The van der Waals surface area contributed by atoms with Gasteiger partial charge in [-0.1, -0.05) is 34.1 Å². The molecular formula is C11H14BrNO2. The first-order valence-electron chi connectivity index (χ1n) is 4.70. The van der Waals surface area contributed by atoms with Gasteiger partial charge in [-0.15, -0.1) is 0 Å². The van der Waals surface area contributed by atoms with Crippen LogP contribution in [0.15, 0.2) is 24.3 Å². The lowest BCUT2D eigenvalue weighted by molar-refractivity contribution is -0.113. The smallest absolute Gasteiger partial charge is 0.235 e. The molecule has 0 aromatic heterocycles. The first-order valence-corrected chi connectivity index (χ1v) is 5.82. The topological polar surface area (TPSA) is 38.3 Å². The molecule has 0 spiro atoms. The Morgan fingerprint density at radius 1 is 1.47 bits per heavy atom. The summed E-state index contributed by atoms with van der Waals surface area (Å²) >= 11 is 3.11. The highest BCUT2D eigenvalue weighted by Crippen LogP contribution is 2.15. The molecule has 0 bridgehead atoms. The van der Waals surface area contributed by atoms with E-state index in [2.05, 4.69) is 21.2 Å². The molecule has 4 heteroatoms. The van der Waals surface area contributed by atoms with Crippen LogP contribution < -0.4 is 5.32 Å². The van der Waals surface area contributed by atoms with Gasteiger partial charge in [0.15, 0.2) is 0 Å². The van der Waals surface area contributed by atoms with Gasteiger partial charge in [0.1, 0.15) is 0 Å². The van der Waals surface area contributed by atoms with Crippen molar-refractivity contribution in [2.45, 2.75) is 6.42 Å². The molecule has 0 saturated heterocycles. The van der Waals surface area contributed by atoms with Crippen LogP contribution in [0.25, 0.3) is 0 Å². The van der Waals surface area contributed by atoms with E-state index in [9.17, 15) is 4.79 Å². The van der Waals surface area contributed by atoms with Crippen LogP contribution in [-0.2, 0) is 16.0 Å². The molecule has 1 aromatic rings. The van der Waals surface area contributed by atoms with Gasteiger partial charge >= 0.3 is 0 Å². The van der Waals surface area contributed by atoms with Crippen LogP contribution in [0.5, 0.6) is 0 Å². The van der Waals surface area contributed by atoms with E-state index in [0.717, 1.165) is 17.7 Å². The number of ether oxygens (including phenoxy) is 1. The van der Waals surface area contributed by atoms with E-state index >= 15 is 0 Å². The van der Waals surface area contributed by atoms with E-state index in [-0.39, 0.29) is 5.91 Å². The second-order valence-corrected chi connectivity index (χ2v) is 3.64. The Morgan fingerprint density at radius 3 is 2.87 bits per heavy atom. The molecule has 1 aromatic carbocycles. The van der Waals surface area contributed by atoms with Gasteiger partial charge in [0, 0.05) is 12.8 Å². The highest BCUT2D eigenvalue weighted by molar-refractivity contribution is 9.09. The van der Waals surface area contributed by atoms with Gasteiger partial charge < -0.3 is 10.1 Å². The van der Waals surface area contributed by atoms with Crippen molar-refractivity contribution in [1.29, 1.82) is 0 Å². The first-order chi connectivity index (χ1) is 7.27. The highest BCUT2D eigenvalue weighted by atomic mass is 79.9. The predicted octanol–water partition coefficient (Wildman–Crippen LogP) is 2.21. The van der Waals surface area contributed by atoms with Gasteiger partial charge in [-0.2, -0.15) is 0 Å². The SMILES string of the molecule is COCCc1ccccc1NC(=O)CBr. The summed E-state index contributed by atoms with van der Waals surface area (Å²) in [7, 11) is 1.67. The number of hydrogen-bond acceptors (Lipinski definition) is 2. The van der Waals surface area contributed by atoms with Gasteiger partial charge in [0.05, 0.1) is 11.9 Å². The Bertz CT molecular complexity index is 328. The lowest BCUT2D eigenvalue weighted by Gasteiger charge is -2.09. The Kier molecular flexibility index (Phi) is 5.36. The second-order valence-electron chi connectivity index (χ2n) is 3.08. The van der Waals surface area contributed by atoms with Crippen LogP contribution in [0.1, 0.15) is 5.56 Å². The van der Waals surface area contributed by atoms with Gasteiger partial charge in [0.2, 0.25) is 5.91 Å². The minimum absolute atomic E-state index is 0.0418. The Balaban J connectivity index is 2.72. The lowest BCUT2D eigenvalue weighted by atomic mass is 10.1. The zero-order valence-corrected chi connectivity index (χ0v) is 10.2. The minimum atomic E-state index is -0.0418. The molecule has 0 heterocycles. The average Bonchev–Trinajstić information content (AvgIpc) is 2.28. The number of halogens is 1. The minimum Gasteiger partial charge on any atom is -0.384 e. The molecule has 0 radical (unpaired) electrons. The van der Waals surface area contributed by atoms with Crippen LogP contribution in [0.2, 0.25) is 0 Å². The van der Waals surface area contributed by atoms with Crippen LogP contribution >= 0.6 is 15.9 Å². The fourth-order valence-corrected chi connectivity index (χ4v) is 1.40. The number of alkyl halides is 1. The molecule has 0 aliphatic rings. The number of carbonyl (C=O) groups is 1. The molecule has 82 valence electrons. The van der Waals surface area contributed by atoms with E-state index in [1.54, 1.807) is 7.11 Å². The van der Waals surface area contributed by atoms with Crippen LogP contribution in [0, 0.1) is 0 Å². The van der Waals surface area contributed by atoms with Gasteiger partial charge in [-0.05, 0) is 18.1 Å². The van der Waals surface area contributed by atoms with E-state index in [4.69, 9.17) is 4.74 Å². The molecule has 1 rings (SSSR count). The maximum Gasteiger partial charge on any atom is 0.235 e. The van der Waals surface area contributed by atoms with Crippen molar-refractivity contribution in [2.24, 2.45) is 0 Å². The third kappa shape index (κ3) is 4.01. The monoisotopic (exact) mass is 271 g/mol. The summed E-state index contributed by atoms with van der Waals surface area (Å²) in [5, 5.41) is 3.14. The van der Waals surface area contributed by atoms with E-state index in [1.807, 2.05) is 24.3 Å². The molecule has 1 amide bonds. The summed E-state index contributed by atoms with van der Waals surface area (Å²) < 4.78 is 5.01. The number of hydrogen-bond donors (Lipinski definition) is 1. The molecular weight excluding hydrogens is 258 g/mol. The Morgan fingerprint density at radius 2 is 2.20 bits per heavy atom. The fraction of sp³-hybridized carbons (Fsp3) is 0.364. The predicted molar refractivity (Wildman–Crippen MR) is 64.4 cm³/mol. The summed E-state index contributed by atoms with van der Waals surface area (Å²) in [6.45, 7) is 0.654. The Hall–Kier alpha value is -0.870. The maximum atomic E-state index is 11.2. The van der Waals surface area contributed by atoms with Crippen molar-refractivity contribution in [2.75, 3.05) is 24.4 Å². The third-order valence-electron chi connectivity index (χ3n) is 1.99. The number of para-hydroxylation sites is 1. The van der Waals surface area contributed by atoms with Crippen molar-refractivity contribution < 1.29 is 9.53 Å². The van der Waals surface area contributed by atoms with E-state index in [1.165, 1.54) is 0 Å². The van der Waals surface area contributed by atoms with E-state index < -0.39 is 0 Å². The number of anilines is 1. The van der Waals surface area contributed by atoms with Gasteiger partial charge in [-0.25, -0.2) is 0 Å². The van der Waals surface area contributed by atoms with Crippen LogP contribution in [-0.4, -0.2) is 25.0 Å². The molecule has 0 fully saturated rings. The quantitative estimate of drug-likeness (QED) is 0.834. The van der Waals surface area contributed by atoms with Crippen molar-refractivity contribution in [3.05, 3.63) is 29.8 Å². The largest absolute Gasteiger partial charge is 0.384 e. The van der Waals surface area contributed by atoms with Crippen molar-refractivity contribution in [1.82, 2.24) is 0 Å². The summed E-state index contributed by atoms with van der Waals surface area (Å²) in [6, 6.07) is 7.74. The summed E-state index contributed by atoms with van der Waals surface area (Å²) in [5.41, 5.74) is 1.95. The zero-order chi connectivity index (χ0) is 11.1. The zero-order valence-electron chi connectivity index (χ0n) is 8.63. The molecule has 0 atom stereocenters. The first kappa shape index (κ1) is 12.2. The number of rotatable bonds is 5. The molecule has 3 nitrogen and oxygen atoms in total. The summed E-state index contributed by atoms with van der Waals surface area (Å²) in [4.78, 5) is 11.2. The normalized spacial score (nSPS) is 10.0. The fourth-order valence-electron chi connectivity index (χ4n) is 1.26. The Labute approximate surface area is 97.9 Å². The molecule has 0 saturated carbocycles. The third-order valence-corrected chi connectivity index (χ3v) is 2.50. The summed E-state index contributed by atoms with van der Waals surface area (Å²) in [6.07, 6.45) is 0.801. The molecule has 1 N–H and O–H groups in total. The molecule has 0 unspecified atom stereocenters. The van der Waals surface area contributed by atoms with Crippen molar-refractivity contribution >= 4 is 27.5 Å². The number of carbonyl (C=O) groups excluding carboxylic acids is 1. The molecule has 0 aliphatic heterocycles. The van der Waals surface area contributed by atoms with Crippen molar-refractivity contribution in [3.8, 4) is 0 Å². The highest BCUT2D eigenvalue weighted by Gasteiger charge is 2.04. The number of methoxy groups -OCH3 is 1. The van der Waals surface area contributed by atoms with Crippen LogP contribution in [0.3, 0.4) is 0 Å². The second kappa shape index (κ2) is 6.58. The molecule has 15 heavy (non-hydrogen) atoms. The lowest BCUT2D eigenvalue weighted by Crippen LogP contribution is -2.14. The van der Waals surface area contributed by atoms with E-state index in [0.29, 0.717) is 11.9 Å². The van der Waals surface area contributed by atoms with Crippen LogP contribution in [0.4, 0.5) is 5.69 Å². The standard InChI is InChI=1S/C11H14BrNO2/c1-15-7-6-9-4-2-3-5-10(9)13-11(14)8-12/h2-5H,6-8H2,1H3,(H,13,14).